The number of thiophene rings is 2. The molecule has 0 aromatic carbocycles. The molecule has 2 aromatic heterocycles. The smallest absolute Gasteiger partial charge is 0.0904 e. The lowest BCUT2D eigenvalue weighted by atomic mass is 10.3. The second-order valence-corrected chi connectivity index (χ2v) is 19.7. The van der Waals surface area contributed by atoms with Crippen LogP contribution in [0.15, 0.2) is 23.6 Å². The fourth-order valence-corrected chi connectivity index (χ4v) is 7.54. The van der Waals surface area contributed by atoms with Crippen LogP contribution in [0, 0.1) is 0 Å². The van der Waals surface area contributed by atoms with Gasteiger partial charge in [-0.2, -0.15) is 11.3 Å². The van der Waals surface area contributed by atoms with Gasteiger partial charge in [-0.05, 0) is 26.5 Å². The van der Waals surface area contributed by atoms with Crippen molar-refractivity contribution in [1.29, 1.82) is 0 Å². The monoisotopic (exact) mass is 310 g/mol. The Bertz CT molecular complexity index is 488. The fraction of sp³-hybridized carbons (Fsp3) is 0.429. The summed E-state index contributed by atoms with van der Waals surface area (Å²) in [7, 11) is -2.29. The maximum absolute atomic E-state index is 2.43. The molecule has 0 unspecified atom stereocenters. The Morgan fingerprint density at radius 3 is 1.89 bits per heavy atom. The highest BCUT2D eigenvalue weighted by Crippen LogP contribution is 2.27. The van der Waals surface area contributed by atoms with Gasteiger partial charge in [0, 0.05) is 10.4 Å². The summed E-state index contributed by atoms with van der Waals surface area (Å²) >= 11 is 3.95. The molecule has 0 saturated heterocycles. The molecular weight excluding hydrogens is 288 g/mol. The summed E-state index contributed by atoms with van der Waals surface area (Å²) in [6, 6.07) is 7.09. The van der Waals surface area contributed by atoms with Gasteiger partial charge in [-0.3, -0.25) is 0 Å². The second kappa shape index (κ2) is 4.74. The van der Waals surface area contributed by atoms with E-state index in [1.54, 1.807) is 9.00 Å². The molecule has 0 saturated carbocycles. The van der Waals surface area contributed by atoms with E-state index in [-0.39, 0.29) is 0 Å². The molecule has 4 heteroatoms. The van der Waals surface area contributed by atoms with Gasteiger partial charge in [-0.15, -0.1) is 11.3 Å². The van der Waals surface area contributed by atoms with Crippen LogP contribution in [0.4, 0.5) is 0 Å². The Kier molecular flexibility index (Phi) is 3.75. The first-order valence-corrected chi connectivity index (χ1v) is 15.1. The summed E-state index contributed by atoms with van der Waals surface area (Å²) < 4.78 is 3.22. The molecule has 0 radical (unpaired) electrons. The molecule has 98 valence electrons. The Morgan fingerprint density at radius 2 is 1.44 bits per heavy atom. The maximum Gasteiger partial charge on any atom is 0.0904 e. The lowest BCUT2D eigenvalue weighted by Gasteiger charge is -2.12. The average Bonchev–Trinajstić information content (AvgIpc) is 2.84. The largest absolute Gasteiger partial charge is 0.153 e. The third-order valence-electron chi connectivity index (χ3n) is 2.97. The zero-order chi connectivity index (χ0) is 13.6. The average molecular weight is 311 g/mol. The quantitative estimate of drug-likeness (QED) is 0.729. The van der Waals surface area contributed by atoms with Gasteiger partial charge in [-0.25, -0.2) is 0 Å². The van der Waals surface area contributed by atoms with Crippen molar-refractivity contribution in [2.75, 3.05) is 0 Å². The number of hydrogen-bond donors (Lipinski definition) is 0. The zero-order valence-electron chi connectivity index (χ0n) is 12.1. The van der Waals surface area contributed by atoms with Crippen LogP contribution in [0.3, 0.4) is 0 Å². The van der Waals surface area contributed by atoms with Crippen LogP contribution in [0.5, 0.6) is 0 Å². The molecule has 2 heterocycles. The highest BCUT2D eigenvalue weighted by molar-refractivity contribution is 7.29. The first-order chi connectivity index (χ1) is 8.18. The molecule has 2 rings (SSSR count). The Hall–Kier alpha value is -0.166. The molecule has 0 aliphatic carbocycles. The van der Waals surface area contributed by atoms with E-state index in [1.165, 1.54) is 10.4 Å². The standard InChI is InChI=1S/C14H22S2Si2/c1-17(2,3)13-8-7-12(16-13)11-9-14(15-10-11)18(4,5)6/h7-10H,1-6H3. The minimum atomic E-state index is -1.14. The van der Waals surface area contributed by atoms with Gasteiger partial charge >= 0.3 is 0 Å². The lowest BCUT2D eigenvalue weighted by molar-refractivity contribution is 1.78. The zero-order valence-corrected chi connectivity index (χ0v) is 15.8. The van der Waals surface area contributed by atoms with Gasteiger partial charge in [0.15, 0.2) is 0 Å². The van der Waals surface area contributed by atoms with Crippen LogP contribution in [0.25, 0.3) is 10.4 Å². The van der Waals surface area contributed by atoms with Crippen LogP contribution in [-0.2, 0) is 0 Å². The number of hydrogen-bond acceptors (Lipinski definition) is 2. The van der Waals surface area contributed by atoms with E-state index >= 15 is 0 Å². The van der Waals surface area contributed by atoms with Crippen molar-refractivity contribution in [3.05, 3.63) is 23.6 Å². The van der Waals surface area contributed by atoms with Crippen molar-refractivity contribution in [3.63, 3.8) is 0 Å². The van der Waals surface area contributed by atoms with E-state index in [9.17, 15) is 0 Å². The highest BCUT2D eigenvalue weighted by atomic mass is 32.1. The SMILES string of the molecule is C[Si](C)(C)c1cc(-c2ccc([Si](C)(C)C)s2)cs1. The molecule has 0 aliphatic heterocycles. The summed E-state index contributed by atoms with van der Waals surface area (Å²) in [4.78, 5) is 1.45. The van der Waals surface area contributed by atoms with Crippen molar-refractivity contribution in [2.45, 2.75) is 39.3 Å². The first-order valence-electron chi connectivity index (χ1n) is 6.37. The molecule has 0 aliphatic rings. The first kappa shape index (κ1) is 14.2. The van der Waals surface area contributed by atoms with Crippen LogP contribution in [-0.4, -0.2) is 16.1 Å². The van der Waals surface area contributed by atoms with Crippen LogP contribution >= 0.6 is 22.7 Å². The van der Waals surface area contributed by atoms with Crippen molar-refractivity contribution in [3.8, 4) is 10.4 Å². The van der Waals surface area contributed by atoms with Gasteiger partial charge in [0.05, 0.1) is 16.1 Å². The van der Waals surface area contributed by atoms with E-state index in [4.69, 9.17) is 0 Å². The molecular formula is C14H22S2Si2. The summed E-state index contributed by atoms with van der Waals surface area (Å²) in [5, 5.41) is 2.34. The molecule has 0 bridgehead atoms. The Labute approximate surface area is 121 Å². The van der Waals surface area contributed by atoms with E-state index in [1.807, 2.05) is 22.7 Å². The van der Waals surface area contributed by atoms with Gasteiger partial charge in [0.2, 0.25) is 0 Å². The van der Waals surface area contributed by atoms with E-state index in [2.05, 4.69) is 62.9 Å². The van der Waals surface area contributed by atoms with Crippen molar-refractivity contribution < 1.29 is 0 Å². The van der Waals surface area contributed by atoms with Gasteiger partial charge in [0.25, 0.3) is 0 Å². The molecule has 2 aromatic rings. The van der Waals surface area contributed by atoms with Gasteiger partial charge in [0.1, 0.15) is 0 Å². The molecule has 0 atom stereocenters. The maximum atomic E-state index is 2.43. The predicted molar refractivity (Wildman–Crippen MR) is 93.6 cm³/mol. The van der Waals surface area contributed by atoms with Crippen LogP contribution in [0.2, 0.25) is 39.3 Å². The summed E-state index contributed by atoms with van der Waals surface area (Å²) in [6.45, 7) is 14.5. The lowest BCUT2D eigenvalue weighted by Crippen LogP contribution is -2.34. The highest BCUT2D eigenvalue weighted by Gasteiger charge is 2.21. The number of rotatable bonds is 3. The van der Waals surface area contributed by atoms with Gasteiger partial charge < -0.3 is 0 Å². The summed E-state index contributed by atoms with van der Waals surface area (Å²) in [5.74, 6) is 0. The summed E-state index contributed by atoms with van der Waals surface area (Å²) in [5.41, 5.74) is 1.44. The minimum absolute atomic E-state index is 1.14. The molecule has 0 spiro atoms. The molecule has 0 N–H and O–H groups in total. The minimum Gasteiger partial charge on any atom is -0.153 e. The van der Waals surface area contributed by atoms with Crippen LogP contribution in [0.1, 0.15) is 0 Å². The topological polar surface area (TPSA) is 0 Å². The van der Waals surface area contributed by atoms with E-state index < -0.39 is 16.1 Å². The molecule has 0 nitrogen and oxygen atoms in total. The van der Waals surface area contributed by atoms with Crippen LogP contribution < -0.4 is 9.00 Å². The van der Waals surface area contributed by atoms with E-state index in [0.717, 1.165) is 0 Å². The second-order valence-electron chi connectivity index (χ2n) is 6.86. The van der Waals surface area contributed by atoms with Crippen molar-refractivity contribution >= 4 is 47.8 Å². The third kappa shape index (κ3) is 3.04. The Balaban J connectivity index is 2.33. The van der Waals surface area contributed by atoms with Crippen molar-refractivity contribution in [1.82, 2.24) is 0 Å². The molecule has 0 amide bonds. The fourth-order valence-electron chi connectivity index (χ4n) is 1.75. The third-order valence-corrected chi connectivity index (χ3v) is 12.3. The molecule has 0 fully saturated rings. The predicted octanol–water partition coefficient (Wildman–Crippen LogP) is 4.57. The normalized spacial score (nSPS) is 13.0. The summed E-state index contributed by atoms with van der Waals surface area (Å²) in [6.07, 6.45) is 0. The molecule has 18 heavy (non-hydrogen) atoms. The van der Waals surface area contributed by atoms with Gasteiger partial charge in [-0.1, -0.05) is 45.3 Å². The van der Waals surface area contributed by atoms with E-state index in [0.29, 0.717) is 0 Å². The Morgan fingerprint density at radius 1 is 0.833 bits per heavy atom. The van der Waals surface area contributed by atoms with Crippen molar-refractivity contribution in [2.24, 2.45) is 0 Å².